The second kappa shape index (κ2) is 18.2. The van der Waals surface area contributed by atoms with E-state index in [-0.39, 0.29) is 36.2 Å². The van der Waals surface area contributed by atoms with E-state index < -0.39 is 6.04 Å². The van der Waals surface area contributed by atoms with Crippen LogP contribution in [0.1, 0.15) is 73.3 Å². The average molecular weight is 907 g/mol. The summed E-state index contributed by atoms with van der Waals surface area (Å²) < 4.78 is 8.10. The van der Waals surface area contributed by atoms with E-state index in [1.165, 1.54) is 6.33 Å². The van der Waals surface area contributed by atoms with Gasteiger partial charge in [-0.1, -0.05) is 18.2 Å². The summed E-state index contributed by atoms with van der Waals surface area (Å²) in [6, 6.07) is 24.3. The van der Waals surface area contributed by atoms with Gasteiger partial charge in [0.15, 0.2) is 5.65 Å². The molecule has 2 aromatic heterocycles. The van der Waals surface area contributed by atoms with E-state index in [9.17, 15) is 19.2 Å². The molecule has 0 radical (unpaired) electrons. The average Bonchev–Trinajstić information content (AvgIpc) is 3.92. The predicted octanol–water partition coefficient (Wildman–Crippen LogP) is 5.14. The fourth-order valence-corrected chi connectivity index (χ4v) is 11.4. The number of urea groups is 1. The molecule has 8 heterocycles. The molecule has 11 rings (SSSR count). The number of fused-ring (bicyclic) bond motifs is 2. The summed E-state index contributed by atoms with van der Waals surface area (Å²) in [6.45, 7) is 9.14. The van der Waals surface area contributed by atoms with Crippen LogP contribution in [0.4, 0.5) is 16.3 Å². The maximum absolute atomic E-state index is 13.8. The highest BCUT2D eigenvalue weighted by Crippen LogP contribution is 2.37. The zero-order valence-corrected chi connectivity index (χ0v) is 37.8. The normalized spacial score (nSPS) is 21.9. The summed E-state index contributed by atoms with van der Waals surface area (Å²) in [7, 11) is 0. The number of aromatic nitrogens is 4. The summed E-state index contributed by atoms with van der Waals surface area (Å²) in [5, 5.41) is 8.30. The predicted molar refractivity (Wildman–Crippen MR) is 252 cm³/mol. The van der Waals surface area contributed by atoms with E-state index in [2.05, 4.69) is 50.5 Å². The van der Waals surface area contributed by atoms with Crippen LogP contribution >= 0.6 is 0 Å². The van der Waals surface area contributed by atoms with Crippen molar-refractivity contribution in [3.63, 3.8) is 0 Å². The number of hydrogen-bond donors (Lipinski definition) is 2. The Balaban J connectivity index is 0.629. The second-order valence-corrected chi connectivity index (χ2v) is 18.9. The van der Waals surface area contributed by atoms with Crippen LogP contribution in [0, 0.1) is 0 Å². The highest BCUT2D eigenvalue weighted by Gasteiger charge is 2.40. The molecular weight excluding hydrogens is 849 g/mol. The van der Waals surface area contributed by atoms with Gasteiger partial charge in [0, 0.05) is 107 Å². The fraction of sp³-hybridized carbons (Fsp3) is 0.460. The van der Waals surface area contributed by atoms with Crippen molar-refractivity contribution in [2.45, 2.75) is 82.1 Å². The number of para-hydroxylation sites is 1. The van der Waals surface area contributed by atoms with Gasteiger partial charge in [-0.2, -0.15) is 5.10 Å². The SMILES string of the molecule is Nc1ncnc2c1c(-c1ccc(Oc3ccccc3)cc1)nn2C1CCN(C2CCN(C(=O)N3CCC(N4CCN(c5ccc6c(c5)CN(C5CCC(=O)NC5=O)C6=O)CC4)CC3)CC2)CC1. The number of carbonyl (C=O) groups is 4. The number of amides is 5. The molecule has 1 atom stereocenters. The number of imide groups is 1. The molecule has 17 nitrogen and oxygen atoms in total. The lowest BCUT2D eigenvalue weighted by Crippen LogP contribution is -2.56. The Labute approximate surface area is 389 Å². The van der Waals surface area contributed by atoms with E-state index >= 15 is 0 Å². The van der Waals surface area contributed by atoms with Gasteiger partial charge in [0.05, 0.1) is 11.4 Å². The van der Waals surface area contributed by atoms with Crippen molar-refractivity contribution in [2.24, 2.45) is 0 Å². The van der Waals surface area contributed by atoms with Gasteiger partial charge < -0.3 is 35.0 Å². The van der Waals surface area contributed by atoms with E-state index in [1.807, 2.05) is 66.7 Å². The van der Waals surface area contributed by atoms with E-state index in [4.69, 9.17) is 15.6 Å². The number of carbonyl (C=O) groups excluding carboxylic acids is 4. The van der Waals surface area contributed by atoms with Crippen molar-refractivity contribution in [3.05, 3.63) is 90.3 Å². The number of nitrogen functional groups attached to an aromatic ring is 1. The number of anilines is 2. The first-order chi connectivity index (χ1) is 32.7. The number of ether oxygens (including phenoxy) is 1. The van der Waals surface area contributed by atoms with Crippen LogP contribution in [-0.2, 0) is 16.1 Å². The highest BCUT2D eigenvalue weighted by molar-refractivity contribution is 6.05. The summed E-state index contributed by atoms with van der Waals surface area (Å²) in [5.41, 5.74) is 11.6. The Kier molecular flexibility index (Phi) is 11.7. The van der Waals surface area contributed by atoms with Crippen molar-refractivity contribution in [1.82, 2.24) is 49.6 Å². The number of piperazine rings is 1. The minimum Gasteiger partial charge on any atom is -0.457 e. The van der Waals surface area contributed by atoms with Gasteiger partial charge in [-0.15, -0.1) is 0 Å². The van der Waals surface area contributed by atoms with Crippen LogP contribution in [0.3, 0.4) is 0 Å². The van der Waals surface area contributed by atoms with Crippen molar-refractivity contribution < 1.29 is 23.9 Å². The Bertz CT molecular complexity index is 2640. The first-order valence-corrected chi connectivity index (χ1v) is 24.1. The Hall–Kier alpha value is -6.59. The molecule has 0 aliphatic carbocycles. The topological polar surface area (TPSA) is 179 Å². The molecule has 67 heavy (non-hydrogen) atoms. The summed E-state index contributed by atoms with van der Waals surface area (Å²) in [5.74, 6) is 1.14. The molecule has 3 N–H and O–H groups in total. The summed E-state index contributed by atoms with van der Waals surface area (Å²) in [4.78, 5) is 73.6. The third kappa shape index (κ3) is 8.54. The Morgan fingerprint density at radius 1 is 0.687 bits per heavy atom. The Morgan fingerprint density at radius 2 is 1.33 bits per heavy atom. The van der Waals surface area contributed by atoms with E-state index in [0.29, 0.717) is 36.4 Å². The zero-order valence-electron chi connectivity index (χ0n) is 37.8. The van der Waals surface area contributed by atoms with Crippen LogP contribution in [0.5, 0.6) is 11.5 Å². The van der Waals surface area contributed by atoms with Gasteiger partial charge in [0.25, 0.3) is 5.91 Å². The van der Waals surface area contributed by atoms with Crippen LogP contribution in [0.2, 0.25) is 0 Å². The number of rotatable bonds is 8. The number of likely N-dealkylation sites (tertiary alicyclic amines) is 3. The van der Waals surface area contributed by atoms with Gasteiger partial charge in [-0.25, -0.2) is 19.4 Å². The molecule has 6 aliphatic heterocycles. The first kappa shape index (κ1) is 43.0. The lowest BCUT2D eigenvalue weighted by molar-refractivity contribution is -0.136. The third-order valence-corrected chi connectivity index (χ3v) is 15.2. The van der Waals surface area contributed by atoms with Gasteiger partial charge >= 0.3 is 6.03 Å². The minimum atomic E-state index is -0.609. The van der Waals surface area contributed by atoms with Crippen LogP contribution in [-0.4, -0.2) is 152 Å². The molecule has 17 heteroatoms. The molecule has 0 spiro atoms. The third-order valence-electron chi connectivity index (χ3n) is 15.2. The van der Waals surface area contributed by atoms with Gasteiger partial charge in [0.1, 0.15) is 35.4 Å². The van der Waals surface area contributed by atoms with Crippen molar-refractivity contribution in [2.75, 3.05) is 76.1 Å². The number of nitrogens with one attached hydrogen (secondary N) is 1. The van der Waals surface area contributed by atoms with Crippen LogP contribution in [0.15, 0.2) is 79.1 Å². The largest absolute Gasteiger partial charge is 0.457 e. The van der Waals surface area contributed by atoms with Crippen molar-refractivity contribution in [1.29, 1.82) is 0 Å². The van der Waals surface area contributed by atoms with E-state index in [1.54, 1.807) is 4.90 Å². The molecule has 0 bridgehead atoms. The number of nitrogens with zero attached hydrogens (tertiary/aromatic N) is 10. The van der Waals surface area contributed by atoms with E-state index in [0.717, 1.165) is 149 Å². The Morgan fingerprint density at radius 3 is 2.00 bits per heavy atom. The molecule has 5 amide bonds. The highest BCUT2D eigenvalue weighted by atomic mass is 16.5. The van der Waals surface area contributed by atoms with Gasteiger partial charge in [0.2, 0.25) is 11.8 Å². The monoisotopic (exact) mass is 906 g/mol. The molecule has 1 unspecified atom stereocenters. The van der Waals surface area contributed by atoms with Crippen molar-refractivity contribution >= 4 is 46.3 Å². The van der Waals surface area contributed by atoms with Gasteiger partial charge in [-0.05, 0) is 105 Å². The molecule has 348 valence electrons. The maximum Gasteiger partial charge on any atom is 0.320 e. The molecule has 5 aromatic rings. The molecular formula is C50H58N12O5. The second-order valence-electron chi connectivity index (χ2n) is 18.9. The first-order valence-electron chi connectivity index (χ1n) is 24.1. The van der Waals surface area contributed by atoms with Crippen LogP contribution in [0.25, 0.3) is 22.3 Å². The lowest BCUT2D eigenvalue weighted by atomic mass is 9.97. The van der Waals surface area contributed by atoms with Crippen molar-refractivity contribution in [3.8, 4) is 22.8 Å². The van der Waals surface area contributed by atoms with Crippen LogP contribution < -0.4 is 20.7 Å². The zero-order chi connectivity index (χ0) is 45.6. The molecule has 6 aliphatic rings. The number of piperidine rings is 4. The molecule has 0 saturated carbocycles. The summed E-state index contributed by atoms with van der Waals surface area (Å²) >= 11 is 0. The lowest BCUT2D eigenvalue weighted by Gasteiger charge is -2.45. The molecule has 3 aromatic carbocycles. The van der Waals surface area contributed by atoms with Gasteiger partial charge in [-0.3, -0.25) is 24.6 Å². The number of hydrogen-bond acceptors (Lipinski definition) is 12. The minimum absolute atomic E-state index is 0.143. The molecule has 5 saturated heterocycles. The standard InChI is InChI=1S/C50H58N12O5/c51-46-44-45(33-6-9-40(10-7-33)67-39-4-2-1-3-5-39)55-62(47(44)53-32-52-46)37-18-20-56(21-19-37)35-14-22-59(23-15-35)50(66)60-24-16-36(17-25-60)57-26-28-58(29-27-57)38-8-11-41-34(30-38)31-61(49(41)65)42-12-13-43(63)54-48(42)64/h1-11,30,32,35-37,42H,12-29,31H2,(H2,51,52,53)(H,54,63,64). The smallest absolute Gasteiger partial charge is 0.320 e. The quantitative estimate of drug-likeness (QED) is 0.197. The number of benzene rings is 3. The summed E-state index contributed by atoms with van der Waals surface area (Å²) in [6.07, 6.45) is 7.98. The fourth-order valence-electron chi connectivity index (χ4n) is 11.4. The molecule has 5 fully saturated rings. The maximum atomic E-state index is 13.8. The number of nitrogens with two attached hydrogens (primary N) is 1.